The van der Waals surface area contributed by atoms with Gasteiger partial charge in [-0.05, 0) is 128 Å². The molecule has 2 aliphatic rings. The number of benzene rings is 8. The average molecular weight is 708 g/mol. The molecule has 0 aromatic heterocycles. The Kier molecular flexibility index (Phi) is 7.39. The van der Waals surface area contributed by atoms with Crippen molar-refractivity contribution >= 4 is 27.8 Å². The average Bonchev–Trinajstić information content (AvgIpc) is 3.57. The van der Waals surface area contributed by atoms with Crippen LogP contribution in [0.2, 0.25) is 0 Å². The summed E-state index contributed by atoms with van der Waals surface area (Å²) in [6, 6.07) is 61.6. The number of nitrogens with zero attached hydrogens (tertiary/aromatic N) is 1. The first-order valence-corrected chi connectivity index (χ1v) is 19.6. The molecule has 0 saturated heterocycles. The highest BCUT2D eigenvalue weighted by Gasteiger charge is 2.38. The maximum absolute atomic E-state index is 2.56. The van der Waals surface area contributed by atoms with E-state index in [-0.39, 0.29) is 10.8 Å². The lowest BCUT2D eigenvalue weighted by Crippen LogP contribution is -2.18. The van der Waals surface area contributed by atoms with Gasteiger partial charge in [-0.2, -0.15) is 0 Å². The van der Waals surface area contributed by atoms with Gasteiger partial charge in [0.2, 0.25) is 0 Å². The molecule has 8 aromatic carbocycles. The minimum Gasteiger partial charge on any atom is -0.310 e. The van der Waals surface area contributed by atoms with Gasteiger partial charge in [-0.25, -0.2) is 0 Å². The number of hydrogen-bond acceptors (Lipinski definition) is 1. The topological polar surface area (TPSA) is 3.24 Å². The van der Waals surface area contributed by atoms with Crippen LogP contribution in [0.15, 0.2) is 164 Å². The van der Waals surface area contributed by atoms with Crippen LogP contribution in [0, 0.1) is 13.8 Å². The Bertz CT molecular complexity index is 2720. The zero-order valence-corrected chi connectivity index (χ0v) is 32.5. The van der Waals surface area contributed by atoms with Crippen molar-refractivity contribution in [2.75, 3.05) is 4.90 Å². The molecule has 2 aliphatic carbocycles. The number of rotatable bonds is 5. The summed E-state index contributed by atoms with van der Waals surface area (Å²) in [5.74, 6) is 0. The molecule has 0 saturated carbocycles. The molecule has 0 heterocycles. The van der Waals surface area contributed by atoms with E-state index in [9.17, 15) is 0 Å². The summed E-state index contributed by atoms with van der Waals surface area (Å²) < 4.78 is 0. The first kappa shape index (κ1) is 33.4. The Labute approximate surface area is 325 Å². The van der Waals surface area contributed by atoms with Gasteiger partial charge < -0.3 is 4.90 Å². The van der Waals surface area contributed by atoms with Crippen LogP contribution in [0.3, 0.4) is 0 Å². The van der Waals surface area contributed by atoms with Crippen LogP contribution in [0.4, 0.5) is 17.1 Å². The third kappa shape index (κ3) is 5.06. The molecule has 55 heavy (non-hydrogen) atoms. The van der Waals surface area contributed by atoms with Crippen molar-refractivity contribution in [1.82, 2.24) is 0 Å². The van der Waals surface area contributed by atoms with Crippen LogP contribution >= 0.6 is 0 Å². The highest BCUT2D eigenvalue weighted by atomic mass is 15.1. The standard InChI is InChI=1S/C54H45N/c1-34-22-24-36(25-23-34)38-30-35(2)52(47(31-38)42-19-13-15-37-14-7-8-16-41(37)42)55(39-26-28-45-43-17-9-11-20-48(43)53(3,4)50(45)32-39)40-27-29-46-44-18-10-12-21-49(44)54(5,6)51(46)33-40/h7-33H,1-6H3. The van der Waals surface area contributed by atoms with E-state index in [0.29, 0.717) is 0 Å². The van der Waals surface area contributed by atoms with Crippen LogP contribution in [0.5, 0.6) is 0 Å². The van der Waals surface area contributed by atoms with Gasteiger partial charge in [-0.1, -0.05) is 161 Å². The minimum absolute atomic E-state index is 0.127. The zero-order valence-electron chi connectivity index (χ0n) is 32.5. The smallest absolute Gasteiger partial charge is 0.0569 e. The van der Waals surface area contributed by atoms with Crippen LogP contribution in [-0.2, 0) is 10.8 Å². The molecule has 1 heteroatoms. The summed E-state index contributed by atoms with van der Waals surface area (Å²) >= 11 is 0. The number of aryl methyl sites for hydroxylation is 2. The van der Waals surface area contributed by atoms with Crippen molar-refractivity contribution in [1.29, 1.82) is 0 Å². The van der Waals surface area contributed by atoms with Crippen molar-refractivity contribution in [3.63, 3.8) is 0 Å². The third-order valence-corrected chi connectivity index (χ3v) is 12.6. The fourth-order valence-corrected chi connectivity index (χ4v) is 9.72. The molecule has 0 fully saturated rings. The Balaban J connectivity index is 1.27. The Morgan fingerprint density at radius 2 is 0.891 bits per heavy atom. The molecule has 10 rings (SSSR count). The summed E-state index contributed by atoms with van der Waals surface area (Å²) in [6.07, 6.45) is 0. The van der Waals surface area contributed by atoms with Gasteiger partial charge in [0.05, 0.1) is 5.69 Å². The lowest BCUT2D eigenvalue weighted by atomic mass is 9.82. The Morgan fingerprint density at radius 1 is 0.382 bits per heavy atom. The van der Waals surface area contributed by atoms with Gasteiger partial charge in [0, 0.05) is 27.8 Å². The number of fused-ring (bicyclic) bond motifs is 7. The molecule has 0 aliphatic heterocycles. The highest BCUT2D eigenvalue weighted by molar-refractivity contribution is 6.03. The fraction of sp³-hybridized carbons (Fsp3) is 0.148. The maximum atomic E-state index is 2.56. The summed E-state index contributed by atoms with van der Waals surface area (Å²) in [6.45, 7) is 14.0. The normalized spacial score (nSPS) is 14.3. The molecule has 266 valence electrons. The quantitative estimate of drug-likeness (QED) is 0.172. The Morgan fingerprint density at radius 3 is 1.51 bits per heavy atom. The molecule has 8 aromatic rings. The molecule has 0 spiro atoms. The molecule has 0 bridgehead atoms. The highest BCUT2D eigenvalue weighted by Crippen LogP contribution is 2.54. The van der Waals surface area contributed by atoms with Crippen molar-refractivity contribution in [2.45, 2.75) is 52.4 Å². The summed E-state index contributed by atoms with van der Waals surface area (Å²) in [4.78, 5) is 2.56. The predicted octanol–water partition coefficient (Wildman–Crippen LogP) is 14.9. The Hall–Kier alpha value is -6.18. The van der Waals surface area contributed by atoms with Crippen LogP contribution < -0.4 is 4.90 Å². The summed E-state index contributed by atoms with van der Waals surface area (Å²) in [5, 5.41) is 2.49. The maximum Gasteiger partial charge on any atom is 0.0569 e. The number of hydrogen-bond donors (Lipinski definition) is 0. The van der Waals surface area contributed by atoms with E-state index in [0.717, 1.165) is 0 Å². The van der Waals surface area contributed by atoms with E-state index in [1.807, 2.05) is 0 Å². The summed E-state index contributed by atoms with van der Waals surface area (Å²) in [5.41, 5.74) is 21.5. The van der Waals surface area contributed by atoms with Crippen LogP contribution in [-0.4, -0.2) is 0 Å². The van der Waals surface area contributed by atoms with Crippen molar-refractivity contribution in [2.24, 2.45) is 0 Å². The van der Waals surface area contributed by atoms with Crippen molar-refractivity contribution < 1.29 is 0 Å². The van der Waals surface area contributed by atoms with Gasteiger partial charge in [0.25, 0.3) is 0 Å². The largest absolute Gasteiger partial charge is 0.310 e. The van der Waals surface area contributed by atoms with E-state index in [1.54, 1.807) is 0 Å². The molecule has 0 atom stereocenters. The SMILES string of the molecule is Cc1ccc(-c2cc(C)c(N(c3ccc4c(c3)C(C)(C)c3ccccc3-4)c3ccc4c(c3)C(C)(C)c3ccccc3-4)c(-c3cccc4ccccc34)c2)cc1. The molecule has 0 N–H and O–H groups in total. The van der Waals surface area contributed by atoms with Gasteiger partial charge in [-0.3, -0.25) is 0 Å². The van der Waals surface area contributed by atoms with E-state index in [2.05, 4.69) is 210 Å². The van der Waals surface area contributed by atoms with Crippen molar-refractivity contribution in [3.8, 4) is 44.5 Å². The van der Waals surface area contributed by atoms with E-state index < -0.39 is 0 Å². The second-order valence-electron chi connectivity index (χ2n) is 16.7. The molecule has 1 nitrogen and oxygen atoms in total. The molecule has 0 unspecified atom stereocenters. The predicted molar refractivity (Wildman–Crippen MR) is 234 cm³/mol. The lowest BCUT2D eigenvalue weighted by molar-refractivity contribution is 0.660. The van der Waals surface area contributed by atoms with Gasteiger partial charge >= 0.3 is 0 Å². The van der Waals surface area contributed by atoms with Crippen LogP contribution in [0.1, 0.15) is 61.1 Å². The lowest BCUT2D eigenvalue weighted by Gasteiger charge is -2.33. The molecule has 0 radical (unpaired) electrons. The molecular formula is C54H45N. The molecular weight excluding hydrogens is 663 g/mol. The fourth-order valence-electron chi connectivity index (χ4n) is 9.72. The second kappa shape index (κ2) is 12.2. The van der Waals surface area contributed by atoms with E-state index in [1.165, 1.54) is 106 Å². The molecule has 0 amide bonds. The van der Waals surface area contributed by atoms with Gasteiger partial charge in [-0.15, -0.1) is 0 Å². The van der Waals surface area contributed by atoms with Gasteiger partial charge in [0.15, 0.2) is 0 Å². The van der Waals surface area contributed by atoms with Crippen molar-refractivity contribution in [3.05, 3.63) is 197 Å². The van der Waals surface area contributed by atoms with Gasteiger partial charge in [0.1, 0.15) is 0 Å². The van der Waals surface area contributed by atoms with E-state index >= 15 is 0 Å². The third-order valence-electron chi connectivity index (χ3n) is 12.6. The van der Waals surface area contributed by atoms with Crippen LogP contribution in [0.25, 0.3) is 55.3 Å². The first-order valence-electron chi connectivity index (χ1n) is 19.6. The monoisotopic (exact) mass is 707 g/mol. The second-order valence-corrected chi connectivity index (χ2v) is 16.7. The summed E-state index contributed by atoms with van der Waals surface area (Å²) in [7, 11) is 0. The zero-order chi connectivity index (χ0) is 37.6. The van der Waals surface area contributed by atoms with E-state index in [4.69, 9.17) is 0 Å². The minimum atomic E-state index is -0.127. The first-order chi connectivity index (χ1) is 26.6. The number of anilines is 3.